The largest absolute Gasteiger partial charge is 0.376 e. The zero-order chi connectivity index (χ0) is 17.2. The average molecular weight is 334 g/mol. The first-order chi connectivity index (χ1) is 11.7. The van der Waals surface area contributed by atoms with Crippen molar-refractivity contribution in [3.63, 3.8) is 0 Å². The van der Waals surface area contributed by atoms with E-state index < -0.39 is 6.10 Å². The minimum absolute atomic E-state index is 0.00666. The normalized spacial score (nSPS) is 19.0. The molecule has 1 aromatic rings. The lowest BCUT2D eigenvalue weighted by Gasteiger charge is -2.27. The number of amides is 1. The topological polar surface area (TPSA) is 64.8 Å². The maximum absolute atomic E-state index is 12.6. The number of nitrogens with two attached hydrogens (primary N) is 1. The molecule has 1 aliphatic rings. The molecule has 0 saturated carbocycles. The van der Waals surface area contributed by atoms with Crippen LogP contribution in [0.15, 0.2) is 30.3 Å². The molecule has 1 aromatic carbocycles. The van der Waals surface area contributed by atoms with Crippen molar-refractivity contribution in [3.8, 4) is 0 Å². The molecule has 0 aliphatic carbocycles. The van der Waals surface area contributed by atoms with E-state index in [1.54, 1.807) is 4.90 Å². The highest BCUT2D eigenvalue weighted by Crippen LogP contribution is 2.14. The minimum atomic E-state index is -0.460. The molecule has 1 heterocycles. The summed E-state index contributed by atoms with van der Waals surface area (Å²) in [7, 11) is 0. The maximum atomic E-state index is 12.6. The fourth-order valence-electron chi connectivity index (χ4n) is 2.92. The van der Waals surface area contributed by atoms with E-state index in [0.717, 1.165) is 25.9 Å². The fraction of sp³-hybridized carbons (Fsp3) is 0.632. The van der Waals surface area contributed by atoms with Crippen LogP contribution >= 0.6 is 0 Å². The van der Waals surface area contributed by atoms with Gasteiger partial charge in [0, 0.05) is 26.2 Å². The van der Waals surface area contributed by atoms with E-state index >= 15 is 0 Å². The molecule has 1 fully saturated rings. The highest BCUT2D eigenvalue weighted by atomic mass is 16.5. The average Bonchev–Trinajstić information content (AvgIpc) is 2.64. The first-order valence-corrected chi connectivity index (χ1v) is 8.96. The molecule has 2 atom stereocenters. The molecule has 5 heteroatoms. The van der Waals surface area contributed by atoms with Crippen molar-refractivity contribution in [2.24, 2.45) is 5.73 Å². The van der Waals surface area contributed by atoms with Gasteiger partial charge >= 0.3 is 0 Å². The molecular weight excluding hydrogens is 304 g/mol. The Hall–Kier alpha value is -1.43. The van der Waals surface area contributed by atoms with Crippen molar-refractivity contribution in [1.29, 1.82) is 0 Å². The molecule has 24 heavy (non-hydrogen) atoms. The second-order valence-corrected chi connectivity index (χ2v) is 6.31. The SMILES string of the molecule is CC(OCC1CCCCO1)C(=O)N(CCN)CCc1ccccc1. The molecule has 134 valence electrons. The van der Waals surface area contributed by atoms with Crippen LogP contribution in [-0.2, 0) is 20.7 Å². The van der Waals surface area contributed by atoms with Gasteiger partial charge in [0.15, 0.2) is 0 Å². The molecule has 0 bridgehead atoms. The molecule has 2 unspecified atom stereocenters. The summed E-state index contributed by atoms with van der Waals surface area (Å²) < 4.78 is 11.4. The molecule has 1 aliphatic heterocycles. The Morgan fingerprint density at radius 3 is 2.79 bits per heavy atom. The van der Waals surface area contributed by atoms with E-state index in [2.05, 4.69) is 12.1 Å². The van der Waals surface area contributed by atoms with E-state index in [0.29, 0.717) is 26.2 Å². The number of benzene rings is 1. The van der Waals surface area contributed by atoms with Gasteiger partial charge in [0.05, 0.1) is 12.7 Å². The second kappa shape index (κ2) is 10.4. The van der Waals surface area contributed by atoms with Crippen LogP contribution in [-0.4, -0.2) is 55.9 Å². The van der Waals surface area contributed by atoms with Gasteiger partial charge in [-0.1, -0.05) is 30.3 Å². The van der Waals surface area contributed by atoms with Gasteiger partial charge in [0.25, 0.3) is 5.91 Å². The molecule has 5 nitrogen and oxygen atoms in total. The van der Waals surface area contributed by atoms with Gasteiger partial charge < -0.3 is 20.1 Å². The lowest BCUT2D eigenvalue weighted by molar-refractivity contribution is -0.146. The quantitative estimate of drug-likeness (QED) is 0.750. The van der Waals surface area contributed by atoms with Crippen LogP contribution in [0.3, 0.4) is 0 Å². The summed E-state index contributed by atoms with van der Waals surface area (Å²) in [5.41, 5.74) is 6.89. The zero-order valence-corrected chi connectivity index (χ0v) is 14.7. The summed E-state index contributed by atoms with van der Waals surface area (Å²) in [4.78, 5) is 14.4. The molecule has 0 radical (unpaired) electrons. The Bertz CT molecular complexity index is 475. The van der Waals surface area contributed by atoms with Crippen molar-refractivity contribution in [1.82, 2.24) is 4.90 Å². The van der Waals surface area contributed by atoms with E-state index in [4.69, 9.17) is 15.2 Å². The van der Waals surface area contributed by atoms with Crippen molar-refractivity contribution in [2.75, 3.05) is 32.8 Å². The van der Waals surface area contributed by atoms with Crippen LogP contribution in [0, 0.1) is 0 Å². The number of ether oxygens (including phenoxy) is 2. The van der Waals surface area contributed by atoms with Gasteiger partial charge in [-0.25, -0.2) is 0 Å². The van der Waals surface area contributed by atoms with Crippen molar-refractivity contribution >= 4 is 5.91 Å². The Morgan fingerprint density at radius 1 is 1.33 bits per heavy atom. The zero-order valence-electron chi connectivity index (χ0n) is 14.7. The molecule has 2 N–H and O–H groups in total. The smallest absolute Gasteiger partial charge is 0.251 e. The standard InChI is InChI=1S/C19H30N2O3/c1-16(24-15-18-9-5-6-14-23-18)19(22)21(13-11-20)12-10-17-7-3-2-4-8-17/h2-4,7-8,16,18H,5-6,9-15,20H2,1H3. The number of carbonyl (C=O) groups excluding carboxylic acids is 1. The predicted octanol–water partition coefficient (Wildman–Crippen LogP) is 1.99. The predicted molar refractivity (Wildman–Crippen MR) is 94.8 cm³/mol. The Kier molecular flexibility index (Phi) is 8.22. The van der Waals surface area contributed by atoms with Crippen LogP contribution in [0.1, 0.15) is 31.7 Å². The Balaban J connectivity index is 1.80. The second-order valence-electron chi connectivity index (χ2n) is 6.31. The van der Waals surface area contributed by atoms with E-state index in [1.807, 2.05) is 25.1 Å². The third-order valence-electron chi connectivity index (χ3n) is 4.38. The van der Waals surface area contributed by atoms with Gasteiger partial charge in [0.1, 0.15) is 6.10 Å². The van der Waals surface area contributed by atoms with Gasteiger partial charge in [0.2, 0.25) is 0 Å². The lowest BCUT2D eigenvalue weighted by Crippen LogP contribution is -2.43. The highest BCUT2D eigenvalue weighted by Gasteiger charge is 2.22. The highest BCUT2D eigenvalue weighted by molar-refractivity contribution is 5.80. The Labute approximate surface area is 145 Å². The molecule has 0 spiro atoms. The van der Waals surface area contributed by atoms with Crippen molar-refractivity contribution in [3.05, 3.63) is 35.9 Å². The molecule has 2 rings (SSSR count). The van der Waals surface area contributed by atoms with Gasteiger partial charge in [-0.2, -0.15) is 0 Å². The number of carbonyl (C=O) groups is 1. The van der Waals surface area contributed by atoms with Crippen LogP contribution in [0.2, 0.25) is 0 Å². The lowest BCUT2D eigenvalue weighted by atomic mass is 10.1. The summed E-state index contributed by atoms with van der Waals surface area (Å²) in [5.74, 6) is 0.00666. The summed E-state index contributed by atoms with van der Waals surface area (Å²) in [5, 5.41) is 0. The first-order valence-electron chi connectivity index (χ1n) is 8.96. The van der Waals surface area contributed by atoms with E-state index in [-0.39, 0.29) is 12.0 Å². The van der Waals surface area contributed by atoms with Gasteiger partial charge in [-0.05, 0) is 38.2 Å². The number of nitrogens with zero attached hydrogens (tertiary/aromatic N) is 1. The number of hydrogen-bond donors (Lipinski definition) is 1. The van der Waals surface area contributed by atoms with E-state index in [1.165, 1.54) is 12.0 Å². The summed E-state index contributed by atoms with van der Waals surface area (Å²) in [6.07, 6.45) is 3.80. The van der Waals surface area contributed by atoms with Crippen molar-refractivity contribution < 1.29 is 14.3 Å². The van der Waals surface area contributed by atoms with Crippen LogP contribution in [0.5, 0.6) is 0 Å². The number of rotatable bonds is 9. The van der Waals surface area contributed by atoms with E-state index in [9.17, 15) is 4.79 Å². The summed E-state index contributed by atoms with van der Waals surface area (Å²) in [6, 6.07) is 10.2. The fourth-order valence-corrected chi connectivity index (χ4v) is 2.92. The van der Waals surface area contributed by atoms with Crippen molar-refractivity contribution in [2.45, 2.75) is 44.8 Å². The molecule has 1 saturated heterocycles. The van der Waals surface area contributed by atoms with Crippen LogP contribution in [0.4, 0.5) is 0 Å². The van der Waals surface area contributed by atoms with Crippen LogP contribution < -0.4 is 5.73 Å². The summed E-state index contributed by atoms with van der Waals surface area (Å²) >= 11 is 0. The minimum Gasteiger partial charge on any atom is -0.376 e. The van der Waals surface area contributed by atoms with Gasteiger partial charge in [-0.3, -0.25) is 4.79 Å². The van der Waals surface area contributed by atoms with Crippen LogP contribution in [0.25, 0.3) is 0 Å². The number of hydrogen-bond acceptors (Lipinski definition) is 4. The molecule has 1 amide bonds. The van der Waals surface area contributed by atoms with Gasteiger partial charge in [-0.15, -0.1) is 0 Å². The third kappa shape index (κ3) is 6.23. The molecule has 0 aromatic heterocycles. The molecular formula is C19H30N2O3. The monoisotopic (exact) mass is 334 g/mol. The maximum Gasteiger partial charge on any atom is 0.251 e. The Morgan fingerprint density at radius 2 is 2.12 bits per heavy atom. The third-order valence-corrected chi connectivity index (χ3v) is 4.38. The first kappa shape index (κ1) is 18.9. The summed E-state index contributed by atoms with van der Waals surface area (Å²) in [6.45, 7) is 4.78.